The lowest BCUT2D eigenvalue weighted by atomic mass is 10.0. The van der Waals surface area contributed by atoms with Crippen molar-refractivity contribution in [1.82, 2.24) is 10.2 Å². The van der Waals surface area contributed by atoms with E-state index in [9.17, 15) is 4.79 Å². The van der Waals surface area contributed by atoms with Crippen LogP contribution < -0.4 is 5.32 Å². The quantitative estimate of drug-likeness (QED) is 0.914. The molecule has 1 unspecified atom stereocenters. The highest BCUT2D eigenvalue weighted by molar-refractivity contribution is 5.79. The number of rotatable bonds is 4. The summed E-state index contributed by atoms with van der Waals surface area (Å²) in [6.45, 7) is 9.10. The maximum Gasteiger partial charge on any atom is 0.227 e. The van der Waals surface area contributed by atoms with E-state index >= 15 is 0 Å². The van der Waals surface area contributed by atoms with E-state index in [0.717, 1.165) is 38.0 Å². The fraction of sp³-hybridized carbons (Fsp3) is 0.588. The first-order valence-corrected chi connectivity index (χ1v) is 7.68. The molecule has 0 bridgehead atoms. The van der Waals surface area contributed by atoms with Gasteiger partial charge < -0.3 is 10.2 Å². The number of hydrogen-bond acceptors (Lipinski definition) is 2. The first kappa shape index (κ1) is 15.0. The van der Waals surface area contributed by atoms with Crippen LogP contribution in [0.15, 0.2) is 18.2 Å². The van der Waals surface area contributed by atoms with E-state index < -0.39 is 0 Å². The molecule has 1 aliphatic heterocycles. The van der Waals surface area contributed by atoms with Crippen molar-refractivity contribution in [2.45, 2.75) is 46.1 Å². The van der Waals surface area contributed by atoms with E-state index in [0.29, 0.717) is 12.5 Å². The molecule has 1 aromatic carbocycles. The second-order valence-electron chi connectivity index (χ2n) is 5.78. The van der Waals surface area contributed by atoms with Gasteiger partial charge in [-0.2, -0.15) is 0 Å². The third kappa shape index (κ3) is 3.60. The molecular formula is C17H26N2O. The van der Waals surface area contributed by atoms with Gasteiger partial charge in [0.05, 0.1) is 6.42 Å². The van der Waals surface area contributed by atoms with E-state index in [1.807, 2.05) is 4.90 Å². The van der Waals surface area contributed by atoms with Crippen LogP contribution in [0.3, 0.4) is 0 Å². The van der Waals surface area contributed by atoms with E-state index in [-0.39, 0.29) is 5.91 Å². The molecule has 1 N–H and O–H groups in total. The van der Waals surface area contributed by atoms with Crippen LogP contribution in [0.4, 0.5) is 0 Å². The first-order chi connectivity index (χ1) is 9.61. The van der Waals surface area contributed by atoms with Crippen LogP contribution in [0.2, 0.25) is 0 Å². The zero-order valence-electron chi connectivity index (χ0n) is 12.9. The van der Waals surface area contributed by atoms with E-state index in [4.69, 9.17) is 0 Å². The van der Waals surface area contributed by atoms with E-state index in [1.54, 1.807) is 0 Å². The van der Waals surface area contributed by atoms with Gasteiger partial charge >= 0.3 is 0 Å². The standard InChI is InChI=1S/C17H26N2O/c1-4-19(16-6-5-9-18-12-16)17(20)11-15-8-7-13(2)14(3)10-15/h7-8,10,16,18H,4-6,9,11-12H2,1-3H3. The molecule has 0 spiro atoms. The molecule has 1 aromatic rings. The van der Waals surface area contributed by atoms with Crippen molar-refractivity contribution in [2.75, 3.05) is 19.6 Å². The fourth-order valence-electron chi connectivity index (χ4n) is 2.93. The van der Waals surface area contributed by atoms with Gasteiger partial charge in [0.1, 0.15) is 0 Å². The van der Waals surface area contributed by atoms with Crippen LogP contribution in [-0.2, 0) is 11.2 Å². The Morgan fingerprint density at radius 3 is 2.75 bits per heavy atom. The van der Waals surface area contributed by atoms with Gasteiger partial charge in [-0.05, 0) is 56.8 Å². The number of nitrogens with one attached hydrogen (secondary N) is 1. The normalized spacial score (nSPS) is 18.9. The molecule has 110 valence electrons. The molecule has 1 saturated heterocycles. The number of aryl methyl sites for hydroxylation is 2. The summed E-state index contributed by atoms with van der Waals surface area (Å²) in [4.78, 5) is 14.6. The molecule has 0 radical (unpaired) electrons. The number of likely N-dealkylation sites (N-methyl/N-ethyl adjacent to an activating group) is 1. The largest absolute Gasteiger partial charge is 0.338 e. The maximum atomic E-state index is 12.5. The smallest absolute Gasteiger partial charge is 0.227 e. The van der Waals surface area contributed by atoms with Gasteiger partial charge in [0.25, 0.3) is 0 Å². The molecule has 3 nitrogen and oxygen atoms in total. The van der Waals surface area contributed by atoms with Crippen LogP contribution in [0.5, 0.6) is 0 Å². The Labute approximate surface area is 122 Å². The molecule has 0 aromatic heterocycles. The number of carbonyl (C=O) groups is 1. The summed E-state index contributed by atoms with van der Waals surface area (Å²) in [5, 5.41) is 3.39. The third-order valence-corrected chi connectivity index (χ3v) is 4.30. The van der Waals surface area contributed by atoms with Gasteiger partial charge in [-0.1, -0.05) is 18.2 Å². The van der Waals surface area contributed by atoms with Gasteiger partial charge in [0.15, 0.2) is 0 Å². The van der Waals surface area contributed by atoms with Crippen LogP contribution in [-0.4, -0.2) is 36.5 Å². The van der Waals surface area contributed by atoms with Crippen molar-refractivity contribution in [1.29, 1.82) is 0 Å². The summed E-state index contributed by atoms with van der Waals surface area (Å²) in [5.41, 5.74) is 3.67. The topological polar surface area (TPSA) is 32.3 Å². The van der Waals surface area contributed by atoms with Gasteiger partial charge in [0.2, 0.25) is 5.91 Å². The first-order valence-electron chi connectivity index (χ1n) is 7.68. The molecule has 3 heteroatoms. The number of hydrogen-bond donors (Lipinski definition) is 1. The SMILES string of the molecule is CCN(C(=O)Cc1ccc(C)c(C)c1)C1CCCNC1. The Balaban J connectivity index is 2.02. The Kier molecular flexibility index (Phi) is 5.18. The Hall–Kier alpha value is -1.35. The van der Waals surface area contributed by atoms with Gasteiger partial charge in [-0.3, -0.25) is 4.79 Å². The number of carbonyl (C=O) groups excluding carboxylic acids is 1. The van der Waals surface area contributed by atoms with Gasteiger partial charge in [-0.15, -0.1) is 0 Å². The average molecular weight is 274 g/mol. The van der Waals surface area contributed by atoms with Gasteiger partial charge in [-0.25, -0.2) is 0 Å². The molecule has 0 saturated carbocycles. The third-order valence-electron chi connectivity index (χ3n) is 4.30. The summed E-state index contributed by atoms with van der Waals surface area (Å²) < 4.78 is 0. The Morgan fingerprint density at radius 1 is 1.35 bits per heavy atom. The van der Waals surface area contributed by atoms with Crippen molar-refractivity contribution in [3.8, 4) is 0 Å². The fourth-order valence-corrected chi connectivity index (χ4v) is 2.93. The molecule has 2 rings (SSSR count). The molecule has 1 fully saturated rings. The molecule has 1 atom stereocenters. The Morgan fingerprint density at radius 2 is 2.15 bits per heavy atom. The predicted molar refractivity (Wildman–Crippen MR) is 82.9 cm³/mol. The molecule has 1 heterocycles. The maximum absolute atomic E-state index is 12.5. The van der Waals surface area contributed by atoms with Crippen molar-refractivity contribution in [3.05, 3.63) is 34.9 Å². The molecule has 0 aliphatic carbocycles. The van der Waals surface area contributed by atoms with Crippen molar-refractivity contribution in [3.63, 3.8) is 0 Å². The highest BCUT2D eigenvalue weighted by Crippen LogP contribution is 2.15. The lowest BCUT2D eigenvalue weighted by molar-refractivity contribution is -0.132. The second kappa shape index (κ2) is 6.89. The number of benzene rings is 1. The van der Waals surface area contributed by atoms with Crippen molar-refractivity contribution in [2.24, 2.45) is 0 Å². The molecular weight excluding hydrogens is 248 g/mol. The van der Waals surface area contributed by atoms with Crippen LogP contribution in [0, 0.1) is 13.8 Å². The highest BCUT2D eigenvalue weighted by atomic mass is 16.2. The Bertz CT molecular complexity index is 464. The van der Waals surface area contributed by atoms with Crippen molar-refractivity contribution >= 4 is 5.91 Å². The summed E-state index contributed by atoms with van der Waals surface area (Å²) >= 11 is 0. The highest BCUT2D eigenvalue weighted by Gasteiger charge is 2.23. The monoisotopic (exact) mass is 274 g/mol. The number of nitrogens with zero attached hydrogens (tertiary/aromatic N) is 1. The minimum atomic E-state index is 0.254. The summed E-state index contributed by atoms with van der Waals surface area (Å²) in [5.74, 6) is 0.254. The summed E-state index contributed by atoms with van der Waals surface area (Å²) in [6.07, 6.45) is 2.81. The number of amides is 1. The van der Waals surface area contributed by atoms with Crippen LogP contribution in [0.1, 0.15) is 36.5 Å². The lowest BCUT2D eigenvalue weighted by Crippen LogP contribution is -2.49. The summed E-state index contributed by atoms with van der Waals surface area (Å²) in [6, 6.07) is 6.69. The molecule has 1 aliphatic rings. The summed E-state index contributed by atoms with van der Waals surface area (Å²) in [7, 11) is 0. The van der Waals surface area contributed by atoms with Crippen LogP contribution in [0.25, 0.3) is 0 Å². The molecule has 20 heavy (non-hydrogen) atoms. The van der Waals surface area contributed by atoms with Gasteiger partial charge in [0, 0.05) is 19.1 Å². The van der Waals surface area contributed by atoms with Crippen LogP contribution >= 0.6 is 0 Å². The molecule has 1 amide bonds. The number of piperidine rings is 1. The minimum Gasteiger partial charge on any atom is -0.338 e. The predicted octanol–water partition coefficient (Wildman–Crippen LogP) is 2.45. The lowest BCUT2D eigenvalue weighted by Gasteiger charge is -2.34. The van der Waals surface area contributed by atoms with E-state index in [1.165, 1.54) is 11.1 Å². The minimum absolute atomic E-state index is 0.254. The zero-order valence-corrected chi connectivity index (χ0v) is 12.9. The average Bonchev–Trinajstić information content (AvgIpc) is 2.45. The van der Waals surface area contributed by atoms with E-state index in [2.05, 4.69) is 44.3 Å². The second-order valence-corrected chi connectivity index (χ2v) is 5.78. The zero-order chi connectivity index (χ0) is 14.5. The van der Waals surface area contributed by atoms with Crippen molar-refractivity contribution < 1.29 is 4.79 Å².